The minimum Gasteiger partial charge on any atom is -0.337 e. The Balaban J connectivity index is 1.64. The highest BCUT2D eigenvalue weighted by atomic mass is 32.1. The smallest absolute Gasteiger partial charge is 0.264 e. The van der Waals surface area contributed by atoms with Crippen LogP contribution in [-0.4, -0.2) is 27.8 Å². The maximum absolute atomic E-state index is 13.1. The summed E-state index contributed by atoms with van der Waals surface area (Å²) in [7, 11) is 1.77. The molecule has 3 aromatic rings. The van der Waals surface area contributed by atoms with Gasteiger partial charge in [0.1, 0.15) is 16.5 Å². The van der Waals surface area contributed by atoms with Gasteiger partial charge in [-0.3, -0.25) is 4.79 Å². The van der Waals surface area contributed by atoms with Gasteiger partial charge in [0.25, 0.3) is 5.91 Å². The predicted molar refractivity (Wildman–Crippen MR) is 101 cm³/mol. The topological polar surface area (TPSA) is 46.1 Å². The minimum absolute atomic E-state index is 0.0396. The first-order valence-corrected chi connectivity index (χ1v) is 9.53. The van der Waals surface area contributed by atoms with Gasteiger partial charge in [-0.05, 0) is 49.9 Å². The van der Waals surface area contributed by atoms with Gasteiger partial charge in [0.2, 0.25) is 0 Å². The van der Waals surface area contributed by atoms with E-state index in [2.05, 4.69) is 4.98 Å². The van der Waals surface area contributed by atoms with Crippen LogP contribution in [0.1, 0.15) is 51.1 Å². The molecule has 1 aromatic carbocycles. The minimum atomic E-state index is -0.274. The zero-order chi connectivity index (χ0) is 18.4. The van der Waals surface area contributed by atoms with Crippen LogP contribution in [0.25, 0.3) is 10.2 Å². The summed E-state index contributed by atoms with van der Waals surface area (Å²) >= 11 is 1.44. The van der Waals surface area contributed by atoms with Gasteiger partial charge in [-0.15, -0.1) is 11.3 Å². The van der Waals surface area contributed by atoms with Crippen LogP contribution >= 0.6 is 11.3 Å². The first kappa shape index (κ1) is 17.1. The molecule has 6 heteroatoms. The van der Waals surface area contributed by atoms with E-state index in [0.29, 0.717) is 17.3 Å². The molecule has 1 aliphatic rings. The van der Waals surface area contributed by atoms with Crippen LogP contribution in [0, 0.1) is 19.7 Å². The number of carbonyl (C=O) groups excluding carboxylic acids is 1. The van der Waals surface area contributed by atoms with E-state index in [-0.39, 0.29) is 11.7 Å². The van der Waals surface area contributed by atoms with Crippen LogP contribution in [0.2, 0.25) is 0 Å². The zero-order valence-electron chi connectivity index (χ0n) is 15.0. The highest BCUT2D eigenvalue weighted by Crippen LogP contribution is 2.40. The van der Waals surface area contributed by atoms with Gasteiger partial charge in [0, 0.05) is 24.9 Å². The fraction of sp³-hybridized carbons (Fsp3) is 0.350. The van der Waals surface area contributed by atoms with Crippen molar-refractivity contribution in [1.82, 2.24) is 14.9 Å². The van der Waals surface area contributed by atoms with Gasteiger partial charge in [0.15, 0.2) is 0 Å². The number of nitrogens with zero attached hydrogens (tertiary/aromatic N) is 3. The van der Waals surface area contributed by atoms with Crippen LogP contribution in [0.4, 0.5) is 4.39 Å². The number of amides is 1. The molecule has 0 atom stereocenters. The second kappa shape index (κ2) is 6.43. The van der Waals surface area contributed by atoms with Crippen molar-refractivity contribution >= 4 is 27.5 Å². The zero-order valence-corrected chi connectivity index (χ0v) is 15.9. The van der Waals surface area contributed by atoms with Gasteiger partial charge in [-0.2, -0.15) is 0 Å². The Kier molecular flexibility index (Phi) is 4.23. The lowest BCUT2D eigenvalue weighted by Crippen LogP contribution is -2.25. The van der Waals surface area contributed by atoms with E-state index in [4.69, 9.17) is 4.98 Å². The Hall–Kier alpha value is -2.34. The molecular formula is C20H20FN3OS. The molecular weight excluding hydrogens is 349 g/mol. The molecule has 1 amide bonds. The van der Waals surface area contributed by atoms with E-state index >= 15 is 0 Å². The second-order valence-electron chi connectivity index (χ2n) is 6.97. The quantitative estimate of drug-likeness (QED) is 0.675. The van der Waals surface area contributed by atoms with Gasteiger partial charge in [-0.1, -0.05) is 12.1 Å². The number of hydrogen-bond acceptors (Lipinski definition) is 4. The number of fused-ring (bicyclic) bond motifs is 1. The van der Waals surface area contributed by atoms with Crippen molar-refractivity contribution in [1.29, 1.82) is 0 Å². The number of hydrogen-bond donors (Lipinski definition) is 0. The summed E-state index contributed by atoms with van der Waals surface area (Å²) < 4.78 is 13.1. The van der Waals surface area contributed by atoms with Crippen LogP contribution < -0.4 is 0 Å². The summed E-state index contributed by atoms with van der Waals surface area (Å²) in [5, 5.41) is 0.998. The Labute approximate surface area is 155 Å². The van der Waals surface area contributed by atoms with Gasteiger partial charge in [-0.25, -0.2) is 14.4 Å². The lowest BCUT2D eigenvalue weighted by atomic mass is 10.1. The van der Waals surface area contributed by atoms with E-state index in [1.54, 1.807) is 24.1 Å². The van der Waals surface area contributed by atoms with Crippen molar-refractivity contribution in [3.8, 4) is 0 Å². The van der Waals surface area contributed by atoms with E-state index < -0.39 is 0 Å². The van der Waals surface area contributed by atoms with Crippen molar-refractivity contribution in [3.05, 3.63) is 57.6 Å². The number of aromatic nitrogens is 2. The van der Waals surface area contributed by atoms with Crippen LogP contribution in [0.3, 0.4) is 0 Å². The number of carbonyl (C=O) groups is 1. The average Bonchev–Trinajstić information content (AvgIpc) is 3.40. The van der Waals surface area contributed by atoms with Gasteiger partial charge >= 0.3 is 0 Å². The fourth-order valence-electron chi connectivity index (χ4n) is 3.20. The lowest BCUT2D eigenvalue weighted by molar-refractivity contribution is 0.0789. The summed E-state index contributed by atoms with van der Waals surface area (Å²) in [6.07, 6.45) is 2.31. The molecule has 4 rings (SSSR count). The van der Waals surface area contributed by atoms with Crippen molar-refractivity contribution < 1.29 is 9.18 Å². The molecule has 0 radical (unpaired) electrons. The number of benzene rings is 1. The Bertz CT molecular complexity index is 992. The first-order chi connectivity index (χ1) is 12.4. The summed E-state index contributed by atoms with van der Waals surface area (Å²) in [6.45, 7) is 4.39. The number of rotatable bonds is 4. The monoisotopic (exact) mass is 369 g/mol. The van der Waals surface area contributed by atoms with E-state index in [0.717, 1.165) is 45.7 Å². The summed E-state index contributed by atoms with van der Waals surface area (Å²) in [6, 6.07) is 6.23. The van der Waals surface area contributed by atoms with Crippen LogP contribution in [0.5, 0.6) is 0 Å². The Morgan fingerprint density at radius 3 is 2.58 bits per heavy atom. The molecule has 134 valence electrons. The molecule has 0 spiro atoms. The molecule has 0 bridgehead atoms. The standard InChI is InChI=1S/C20H20FN3OS/c1-11-16-12(2)22-18(14-6-7-14)23-19(16)26-17(11)20(25)24(3)10-13-4-8-15(21)9-5-13/h4-5,8-9,14H,6-7,10H2,1-3H3. The highest BCUT2D eigenvalue weighted by Gasteiger charge is 2.29. The second-order valence-corrected chi connectivity index (χ2v) is 7.96. The van der Waals surface area contributed by atoms with E-state index in [1.165, 1.54) is 23.5 Å². The third-order valence-electron chi connectivity index (χ3n) is 4.80. The van der Waals surface area contributed by atoms with Crippen molar-refractivity contribution in [3.63, 3.8) is 0 Å². The maximum Gasteiger partial charge on any atom is 0.264 e. The van der Waals surface area contributed by atoms with Crippen molar-refractivity contribution in [2.45, 2.75) is 39.2 Å². The molecule has 1 saturated carbocycles. The third-order valence-corrected chi connectivity index (χ3v) is 5.98. The number of aryl methyl sites for hydroxylation is 2. The van der Waals surface area contributed by atoms with Crippen molar-refractivity contribution in [2.24, 2.45) is 0 Å². The molecule has 2 heterocycles. The molecule has 4 nitrogen and oxygen atoms in total. The molecule has 0 N–H and O–H groups in total. The normalized spacial score (nSPS) is 14.0. The number of halogens is 1. The van der Waals surface area contributed by atoms with E-state index in [1.807, 2.05) is 13.8 Å². The Morgan fingerprint density at radius 1 is 1.23 bits per heavy atom. The van der Waals surface area contributed by atoms with Crippen molar-refractivity contribution in [2.75, 3.05) is 7.05 Å². The molecule has 0 aliphatic heterocycles. The molecule has 1 fully saturated rings. The highest BCUT2D eigenvalue weighted by molar-refractivity contribution is 7.20. The molecule has 0 unspecified atom stereocenters. The molecule has 26 heavy (non-hydrogen) atoms. The average molecular weight is 369 g/mol. The number of thiophene rings is 1. The first-order valence-electron chi connectivity index (χ1n) is 8.71. The SMILES string of the molecule is Cc1nc(C2CC2)nc2sc(C(=O)N(C)Cc3ccc(F)cc3)c(C)c12. The molecule has 0 saturated heterocycles. The Morgan fingerprint density at radius 2 is 1.92 bits per heavy atom. The predicted octanol–water partition coefficient (Wildman–Crippen LogP) is 4.60. The molecule has 1 aliphatic carbocycles. The summed E-state index contributed by atoms with van der Waals surface area (Å²) in [5.41, 5.74) is 2.79. The third kappa shape index (κ3) is 3.09. The fourth-order valence-corrected chi connectivity index (χ4v) is 4.43. The lowest BCUT2D eigenvalue weighted by Gasteiger charge is -2.17. The van der Waals surface area contributed by atoms with Crippen LogP contribution in [0.15, 0.2) is 24.3 Å². The van der Waals surface area contributed by atoms with Crippen LogP contribution in [-0.2, 0) is 6.54 Å². The molecule has 2 aromatic heterocycles. The van der Waals surface area contributed by atoms with Gasteiger partial charge in [0.05, 0.1) is 10.6 Å². The summed E-state index contributed by atoms with van der Waals surface area (Å²) in [4.78, 5) is 25.6. The largest absolute Gasteiger partial charge is 0.337 e. The maximum atomic E-state index is 13.1. The van der Waals surface area contributed by atoms with E-state index in [9.17, 15) is 9.18 Å². The summed E-state index contributed by atoms with van der Waals surface area (Å²) in [5.74, 6) is 1.08. The van der Waals surface area contributed by atoms with Gasteiger partial charge < -0.3 is 4.90 Å².